The van der Waals surface area contributed by atoms with E-state index in [2.05, 4.69) is 20.3 Å². The Balaban J connectivity index is 2.14. The molecule has 1 N–H and O–H groups in total. The Morgan fingerprint density at radius 1 is 1.33 bits per heavy atom. The molecule has 2 aromatic heterocycles. The van der Waals surface area contributed by atoms with Gasteiger partial charge in [0, 0.05) is 17.8 Å². The molecule has 4 heteroatoms. The predicted molar refractivity (Wildman–Crippen MR) is 57.3 cm³/mol. The second-order valence-electron chi connectivity index (χ2n) is 3.94. The Kier molecular flexibility index (Phi) is 1.73. The molecule has 0 saturated heterocycles. The van der Waals surface area contributed by atoms with E-state index in [0.29, 0.717) is 0 Å². The number of fused-ring (bicyclic) bond motifs is 1. The molecule has 0 amide bonds. The Bertz CT molecular complexity index is 505. The number of nitrogens with one attached hydrogen (secondary N) is 1. The van der Waals surface area contributed by atoms with Gasteiger partial charge in [-0.3, -0.25) is 0 Å². The average Bonchev–Trinajstić information content (AvgIpc) is 3.09. The van der Waals surface area contributed by atoms with Crippen molar-refractivity contribution in [1.82, 2.24) is 20.3 Å². The van der Waals surface area contributed by atoms with Crippen LogP contribution in [0, 0.1) is 0 Å². The minimum Gasteiger partial charge on any atom is -0.308 e. The van der Waals surface area contributed by atoms with Gasteiger partial charge in [-0.05, 0) is 32.0 Å². The van der Waals surface area contributed by atoms with Crippen LogP contribution in [-0.4, -0.2) is 22.0 Å². The van der Waals surface area contributed by atoms with Gasteiger partial charge in [0.15, 0.2) is 11.5 Å². The largest absolute Gasteiger partial charge is 0.308 e. The molecular weight excluding hydrogens is 188 g/mol. The lowest BCUT2D eigenvalue weighted by molar-refractivity contribution is 0.549. The Hall–Kier alpha value is -1.55. The summed E-state index contributed by atoms with van der Waals surface area (Å²) in [5.41, 5.74) is 0.801. The van der Waals surface area contributed by atoms with Crippen molar-refractivity contribution in [2.24, 2.45) is 0 Å². The summed E-state index contributed by atoms with van der Waals surface area (Å²) in [7, 11) is 1.96. The highest BCUT2D eigenvalue weighted by atomic mass is 15.1. The number of rotatable bonds is 2. The summed E-state index contributed by atoms with van der Waals surface area (Å²) in [5.74, 6) is 0.871. The fourth-order valence-corrected chi connectivity index (χ4v) is 1.80. The van der Waals surface area contributed by atoms with Gasteiger partial charge in [0.2, 0.25) is 0 Å². The number of hydrogen-bond acceptors (Lipinski definition) is 4. The van der Waals surface area contributed by atoms with E-state index in [1.54, 1.807) is 6.20 Å². The average molecular weight is 200 g/mol. The molecule has 2 aromatic rings. The molecule has 0 bridgehead atoms. The van der Waals surface area contributed by atoms with E-state index in [1.165, 1.54) is 0 Å². The third-order valence-corrected chi connectivity index (χ3v) is 3.01. The molecule has 0 unspecified atom stereocenters. The SMILES string of the molecule is CNC1(c2ncc3cccnc3n2)CC1. The van der Waals surface area contributed by atoms with Crippen LogP contribution >= 0.6 is 0 Å². The number of pyridine rings is 1. The van der Waals surface area contributed by atoms with Gasteiger partial charge in [0.05, 0.1) is 5.54 Å². The standard InChI is InChI=1S/C11H12N4/c1-12-11(4-5-11)10-14-7-8-3-2-6-13-9(8)15-10/h2-3,6-7,12H,4-5H2,1H3. The summed E-state index contributed by atoms with van der Waals surface area (Å²) in [6.45, 7) is 0. The van der Waals surface area contributed by atoms with Gasteiger partial charge in [0.1, 0.15) is 0 Å². The summed E-state index contributed by atoms with van der Waals surface area (Å²) in [4.78, 5) is 13.1. The molecule has 0 spiro atoms. The van der Waals surface area contributed by atoms with Crippen LogP contribution in [0.2, 0.25) is 0 Å². The molecule has 3 rings (SSSR count). The predicted octanol–water partition coefficient (Wildman–Crippen LogP) is 1.23. The first-order valence-corrected chi connectivity index (χ1v) is 5.11. The van der Waals surface area contributed by atoms with Gasteiger partial charge >= 0.3 is 0 Å². The molecule has 0 aromatic carbocycles. The van der Waals surface area contributed by atoms with Gasteiger partial charge in [-0.2, -0.15) is 0 Å². The highest BCUT2D eigenvalue weighted by Crippen LogP contribution is 2.43. The van der Waals surface area contributed by atoms with Crippen molar-refractivity contribution in [3.05, 3.63) is 30.4 Å². The molecule has 0 aliphatic heterocycles. The van der Waals surface area contributed by atoms with Gasteiger partial charge in [-0.15, -0.1) is 0 Å². The van der Waals surface area contributed by atoms with Gasteiger partial charge < -0.3 is 5.32 Å². The zero-order valence-corrected chi connectivity index (χ0v) is 8.57. The van der Waals surface area contributed by atoms with E-state index in [1.807, 2.05) is 25.4 Å². The summed E-state index contributed by atoms with van der Waals surface area (Å²) in [5, 5.41) is 4.27. The molecule has 4 nitrogen and oxygen atoms in total. The second-order valence-corrected chi connectivity index (χ2v) is 3.94. The van der Waals surface area contributed by atoms with Crippen molar-refractivity contribution < 1.29 is 0 Å². The lowest BCUT2D eigenvalue weighted by atomic mass is 10.2. The molecule has 2 heterocycles. The van der Waals surface area contributed by atoms with Crippen LogP contribution in [0.15, 0.2) is 24.5 Å². The highest BCUT2D eigenvalue weighted by molar-refractivity contribution is 5.72. The molecule has 0 radical (unpaired) electrons. The maximum Gasteiger partial charge on any atom is 0.162 e. The zero-order chi connectivity index (χ0) is 10.3. The number of aromatic nitrogens is 3. The summed E-state index contributed by atoms with van der Waals surface area (Å²) in [6.07, 6.45) is 5.84. The van der Waals surface area contributed by atoms with Crippen LogP contribution in [0.3, 0.4) is 0 Å². The fourth-order valence-electron chi connectivity index (χ4n) is 1.80. The van der Waals surface area contributed by atoms with E-state index in [0.717, 1.165) is 29.7 Å². The van der Waals surface area contributed by atoms with Crippen LogP contribution < -0.4 is 5.32 Å². The van der Waals surface area contributed by atoms with Gasteiger partial charge in [-0.1, -0.05) is 0 Å². The van der Waals surface area contributed by atoms with Crippen LogP contribution in [0.1, 0.15) is 18.7 Å². The highest BCUT2D eigenvalue weighted by Gasteiger charge is 2.45. The summed E-state index contributed by atoms with van der Waals surface area (Å²) in [6, 6.07) is 3.88. The normalized spacial score (nSPS) is 17.9. The van der Waals surface area contributed by atoms with Crippen LogP contribution in [0.25, 0.3) is 11.0 Å². The monoisotopic (exact) mass is 200 g/mol. The summed E-state index contributed by atoms with van der Waals surface area (Å²) < 4.78 is 0. The van der Waals surface area contributed by atoms with Gasteiger partial charge in [-0.25, -0.2) is 15.0 Å². The first kappa shape index (κ1) is 8.73. The molecule has 1 saturated carbocycles. The molecular formula is C11H12N4. The minimum atomic E-state index is 0.0196. The van der Waals surface area contributed by atoms with Crippen molar-refractivity contribution in [2.45, 2.75) is 18.4 Å². The Morgan fingerprint density at radius 3 is 2.93 bits per heavy atom. The van der Waals surface area contributed by atoms with E-state index >= 15 is 0 Å². The van der Waals surface area contributed by atoms with Crippen molar-refractivity contribution >= 4 is 11.0 Å². The van der Waals surface area contributed by atoms with Crippen LogP contribution in [0.5, 0.6) is 0 Å². The van der Waals surface area contributed by atoms with E-state index in [-0.39, 0.29) is 5.54 Å². The maximum absolute atomic E-state index is 4.50. The molecule has 15 heavy (non-hydrogen) atoms. The van der Waals surface area contributed by atoms with Crippen molar-refractivity contribution in [1.29, 1.82) is 0 Å². The van der Waals surface area contributed by atoms with E-state index in [9.17, 15) is 0 Å². The van der Waals surface area contributed by atoms with Crippen LogP contribution in [0.4, 0.5) is 0 Å². The molecule has 1 aliphatic carbocycles. The van der Waals surface area contributed by atoms with Crippen molar-refractivity contribution in [3.8, 4) is 0 Å². The molecule has 1 aliphatic rings. The lowest BCUT2D eigenvalue weighted by Gasteiger charge is -2.11. The Labute approximate surface area is 87.8 Å². The molecule has 76 valence electrons. The first-order chi connectivity index (χ1) is 7.34. The smallest absolute Gasteiger partial charge is 0.162 e. The summed E-state index contributed by atoms with van der Waals surface area (Å²) >= 11 is 0. The minimum absolute atomic E-state index is 0.0196. The maximum atomic E-state index is 4.50. The zero-order valence-electron chi connectivity index (χ0n) is 8.57. The fraction of sp³-hybridized carbons (Fsp3) is 0.364. The number of hydrogen-bond donors (Lipinski definition) is 1. The Morgan fingerprint density at radius 2 is 2.20 bits per heavy atom. The van der Waals surface area contributed by atoms with E-state index in [4.69, 9.17) is 0 Å². The third-order valence-electron chi connectivity index (χ3n) is 3.01. The first-order valence-electron chi connectivity index (χ1n) is 5.11. The van der Waals surface area contributed by atoms with E-state index < -0.39 is 0 Å². The van der Waals surface area contributed by atoms with Gasteiger partial charge in [0.25, 0.3) is 0 Å². The van der Waals surface area contributed by atoms with Crippen molar-refractivity contribution in [2.75, 3.05) is 7.05 Å². The third kappa shape index (κ3) is 1.29. The second kappa shape index (κ2) is 2.97. The quantitative estimate of drug-likeness (QED) is 0.792. The van der Waals surface area contributed by atoms with Crippen LogP contribution in [-0.2, 0) is 5.54 Å². The van der Waals surface area contributed by atoms with Crippen molar-refractivity contribution in [3.63, 3.8) is 0 Å². The topological polar surface area (TPSA) is 50.7 Å². The molecule has 1 fully saturated rings. The number of nitrogens with zero attached hydrogens (tertiary/aromatic N) is 3. The molecule has 0 atom stereocenters. The lowest BCUT2D eigenvalue weighted by Crippen LogP contribution is -2.27.